The summed E-state index contributed by atoms with van der Waals surface area (Å²) < 4.78 is 0. The Labute approximate surface area is 266 Å². The zero-order valence-electron chi connectivity index (χ0n) is 25.5. The van der Waals surface area contributed by atoms with Crippen LogP contribution in [0.2, 0.25) is 0 Å². The van der Waals surface area contributed by atoms with Crippen LogP contribution in [0.25, 0.3) is 5.57 Å². The van der Waals surface area contributed by atoms with Gasteiger partial charge < -0.3 is 9.80 Å². The molecule has 3 aromatic carbocycles. The number of nitrogens with zero attached hydrogens (tertiary/aromatic N) is 2. The van der Waals surface area contributed by atoms with Gasteiger partial charge in [0.15, 0.2) is 0 Å². The highest BCUT2D eigenvalue weighted by molar-refractivity contribution is 7.00. The number of rotatable bonds is 2. The first-order valence-corrected chi connectivity index (χ1v) is 17.1. The number of anilines is 4. The lowest BCUT2D eigenvalue weighted by atomic mass is 9.33. The molecule has 3 heteroatoms. The van der Waals surface area contributed by atoms with Gasteiger partial charge in [0.05, 0.1) is 6.04 Å². The summed E-state index contributed by atoms with van der Waals surface area (Å²) in [7, 11) is 0. The molecule has 0 saturated heterocycles. The Morgan fingerprint density at radius 3 is 2.62 bits per heavy atom. The van der Waals surface area contributed by atoms with E-state index in [0.29, 0.717) is 23.8 Å². The van der Waals surface area contributed by atoms with Crippen LogP contribution in [-0.2, 0) is 0 Å². The third kappa shape index (κ3) is 3.21. The van der Waals surface area contributed by atoms with Crippen molar-refractivity contribution in [3.8, 4) is 0 Å². The predicted molar refractivity (Wildman–Crippen MR) is 189 cm³/mol. The molecule has 4 aliphatic heterocycles. The summed E-state index contributed by atoms with van der Waals surface area (Å²) in [6.45, 7) is 0.246. The molecule has 0 amide bonds. The molecule has 3 aromatic rings. The normalized spacial score (nSPS) is 26.9. The molecule has 2 nitrogen and oxygen atoms in total. The lowest BCUT2D eigenvalue weighted by Crippen LogP contribution is -2.62. The molecule has 0 aromatic heterocycles. The van der Waals surface area contributed by atoms with Crippen LogP contribution in [-0.4, -0.2) is 12.8 Å². The molecule has 45 heavy (non-hydrogen) atoms. The van der Waals surface area contributed by atoms with Crippen LogP contribution in [0.4, 0.5) is 22.7 Å². The van der Waals surface area contributed by atoms with Crippen molar-refractivity contribution in [1.29, 1.82) is 0 Å². The van der Waals surface area contributed by atoms with Gasteiger partial charge in [-0.25, -0.2) is 0 Å². The zero-order chi connectivity index (χ0) is 29.2. The van der Waals surface area contributed by atoms with Crippen LogP contribution in [0, 0.1) is 5.92 Å². The Morgan fingerprint density at radius 2 is 1.71 bits per heavy atom. The smallest absolute Gasteiger partial charge is 0.252 e. The third-order valence-electron chi connectivity index (χ3n) is 12.0. The van der Waals surface area contributed by atoms with Crippen molar-refractivity contribution >= 4 is 51.4 Å². The summed E-state index contributed by atoms with van der Waals surface area (Å²) in [5, 5.41) is 0. The topological polar surface area (TPSA) is 6.48 Å². The summed E-state index contributed by atoms with van der Waals surface area (Å²) in [6, 6.07) is 20.0. The highest BCUT2D eigenvalue weighted by Gasteiger charge is 2.52. The Balaban J connectivity index is 1.16. The molecule has 0 spiro atoms. The van der Waals surface area contributed by atoms with Crippen LogP contribution < -0.4 is 26.2 Å². The quantitative estimate of drug-likeness (QED) is 0.224. The molecule has 4 heterocycles. The van der Waals surface area contributed by atoms with E-state index in [1.165, 1.54) is 74.4 Å². The predicted octanol–water partition coefficient (Wildman–Crippen LogP) is 8.10. The van der Waals surface area contributed by atoms with Gasteiger partial charge in [-0.2, -0.15) is 0 Å². The third-order valence-corrected chi connectivity index (χ3v) is 12.0. The first-order chi connectivity index (χ1) is 22.3. The molecule has 0 radical (unpaired) electrons. The van der Waals surface area contributed by atoms with Crippen molar-refractivity contribution in [3.05, 3.63) is 143 Å². The van der Waals surface area contributed by atoms with Gasteiger partial charge in [-0.1, -0.05) is 96.7 Å². The van der Waals surface area contributed by atoms with Crippen LogP contribution in [0.3, 0.4) is 0 Å². The molecule has 0 saturated carbocycles. The molecule has 0 bridgehead atoms. The van der Waals surface area contributed by atoms with Crippen molar-refractivity contribution in [1.82, 2.24) is 0 Å². The molecule has 216 valence electrons. The number of benzene rings is 3. The van der Waals surface area contributed by atoms with E-state index in [1.54, 1.807) is 11.1 Å². The number of hydrogen-bond acceptors (Lipinski definition) is 2. The van der Waals surface area contributed by atoms with E-state index in [9.17, 15) is 0 Å². The Morgan fingerprint density at radius 1 is 0.756 bits per heavy atom. The average Bonchev–Trinajstić information content (AvgIpc) is 3.63. The van der Waals surface area contributed by atoms with E-state index >= 15 is 0 Å². The van der Waals surface area contributed by atoms with Crippen molar-refractivity contribution in [2.24, 2.45) is 5.92 Å². The molecule has 8 aliphatic rings. The molecule has 4 unspecified atom stereocenters. The molecule has 11 rings (SSSR count). The van der Waals surface area contributed by atoms with Crippen molar-refractivity contribution < 1.29 is 0 Å². The maximum atomic E-state index is 2.75. The van der Waals surface area contributed by atoms with Crippen molar-refractivity contribution in [2.45, 2.75) is 56.4 Å². The fourth-order valence-electron chi connectivity index (χ4n) is 10.2. The molecular weight excluding hydrogens is 543 g/mol. The standard InChI is InChI=1S/C42H35BN2/c1-3-11-26(12-4-1)28-21-22-37-32(23-28)31-16-9-17-34-41(31)45(37)39-20-10-19-38-40(39)43(34)35-25-29(27-13-5-2-6-14-27)24-33-30-15-7-8-18-36(30)44(38)42(33)35/h1-5,8-11,13,16-22,24-26,30,32,36H,6-7,12,14-15,23H2. The monoisotopic (exact) mass is 578 g/mol. The average molecular weight is 579 g/mol. The summed E-state index contributed by atoms with van der Waals surface area (Å²) in [4.78, 5) is 5.42. The minimum absolute atomic E-state index is 0.246. The van der Waals surface area contributed by atoms with Gasteiger partial charge in [0.2, 0.25) is 0 Å². The number of fused-ring (bicyclic) bond motifs is 10. The van der Waals surface area contributed by atoms with E-state index < -0.39 is 0 Å². The summed E-state index contributed by atoms with van der Waals surface area (Å²) in [5.41, 5.74) is 19.4. The second-order valence-corrected chi connectivity index (χ2v) is 14.1. The lowest BCUT2D eigenvalue weighted by molar-refractivity contribution is 0.573. The fraction of sp³-hybridized carbons (Fsp3) is 0.238. The van der Waals surface area contributed by atoms with Crippen LogP contribution in [0.1, 0.15) is 67.1 Å². The summed E-state index contributed by atoms with van der Waals surface area (Å²) in [6.07, 6.45) is 32.9. The van der Waals surface area contributed by atoms with Gasteiger partial charge >= 0.3 is 0 Å². The van der Waals surface area contributed by atoms with Crippen LogP contribution in [0.5, 0.6) is 0 Å². The number of hydrogen-bond donors (Lipinski definition) is 0. The van der Waals surface area contributed by atoms with Gasteiger partial charge in [-0.3, -0.25) is 0 Å². The number of para-hydroxylation sites is 1. The van der Waals surface area contributed by atoms with E-state index in [-0.39, 0.29) is 6.71 Å². The van der Waals surface area contributed by atoms with E-state index in [1.807, 2.05) is 0 Å². The van der Waals surface area contributed by atoms with Crippen LogP contribution >= 0.6 is 0 Å². The maximum Gasteiger partial charge on any atom is 0.252 e. The molecule has 4 atom stereocenters. The zero-order valence-corrected chi connectivity index (χ0v) is 25.5. The largest absolute Gasteiger partial charge is 0.334 e. The maximum absolute atomic E-state index is 2.75. The van der Waals surface area contributed by atoms with Gasteiger partial charge in [0, 0.05) is 46.2 Å². The summed E-state index contributed by atoms with van der Waals surface area (Å²) >= 11 is 0. The second kappa shape index (κ2) is 9.04. The van der Waals surface area contributed by atoms with Crippen molar-refractivity contribution in [3.63, 3.8) is 0 Å². The molecular formula is C42H35BN2. The molecule has 0 N–H and O–H groups in total. The minimum atomic E-state index is 0.246. The Kier molecular flexibility index (Phi) is 4.98. The minimum Gasteiger partial charge on any atom is -0.334 e. The van der Waals surface area contributed by atoms with Gasteiger partial charge in [-0.05, 0) is 101 Å². The fourth-order valence-corrected chi connectivity index (χ4v) is 10.2. The highest BCUT2D eigenvalue weighted by atomic mass is 15.2. The molecule has 4 aliphatic carbocycles. The first-order valence-electron chi connectivity index (χ1n) is 17.1. The highest BCUT2D eigenvalue weighted by Crippen LogP contribution is 2.56. The van der Waals surface area contributed by atoms with E-state index in [2.05, 4.69) is 125 Å². The van der Waals surface area contributed by atoms with E-state index in [4.69, 9.17) is 0 Å². The SMILES string of the molecule is C1=CCCC(c2cc3c4c(c2)C2CCC=CC2N4c2cccc4c2B3c2cccc3c2N4C2=CC=C(C4C=CC=CC4)CC23)=C1. The molecule has 0 fully saturated rings. The summed E-state index contributed by atoms with van der Waals surface area (Å²) in [5.74, 6) is 1.47. The Hall–Kier alpha value is -4.50. The van der Waals surface area contributed by atoms with Crippen LogP contribution in [0.15, 0.2) is 127 Å². The van der Waals surface area contributed by atoms with Crippen molar-refractivity contribution in [2.75, 3.05) is 9.80 Å². The first kappa shape index (κ1) is 24.8. The lowest BCUT2D eigenvalue weighted by Gasteiger charge is -2.43. The van der Waals surface area contributed by atoms with E-state index in [0.717, 1.165) is 25.7 Å². The Bertz CT molecular complexity index is 2070. The van der Waals surface area contributed by atoms with Gasteiger partial charge in [-0.15, -0.1) is 0 Å². The second-order valence-electron chi connectivity index (χ2n) is 14.1. The van der Waals surface area contributed by atoms with Gasteiger partial charge in [0.25, 0.3) is 6.71 Å². The number of allylic oxidation sites excluding steroid dienone is 13. The van der Waals surface area contributed by atoms with Gasteiger partial charge in [0.1, 0.15) is 0 Å².